The van der Waals surface area contributed by atoms with E-state index >= 15 is 0 Å². The van der Waals surface area contributed by atoms with E-state index in [1.807, 2.05) is 35.8 Å². The molecule has 1 atom stereocenters. The molecule has 0 saturated carbocycles. The minimum atomic E-state index is -0.354. The van der Waals surface area contributed by atoms with Crippen LogP contribution in [-0.4, -0.2) is 48.8 Å². The van der Waals surface area contributed by atoms with Crippen LogP contribution in [0, 0.1) is 18.8 Å². The van der Waals surface area contributed by atoms with Gasteiger partial charge in [0.25, 0.3) is 11.8 Å². The molecule has 1 aromatic carbocycles. The quantitative estimate of drug-likeness (QED) is 0.391. The van der Waals surface area contributed by atoms with Gasteiger partial charge in [-0.05, 0) is 56.9 Å². The molecule has 2 N–H and O–H groups in total. The third-order valence-electron chi connectivity index (χ3n) is 6.17. The van der Waals surface area contributed by atoms with Gasteiger partial charge in [0.2, 0.25) is 11.8 Å². The van der Waals surface area contributed by atoms with Crippen LogP contribution in [0.4, 0.5) is 5.95 Å². The number of benzene rings is 1. The Balaban J connectivity index is 1.60. The molecule has 4 heterocycles. The Morgan fingerprint density at radius 1 is 1.24 bits per heavy atom. The van der Waals surface area contributed by atoms with Crippen LogP contribution in [0.2, 0.25) is 0 Å². The van der Waals surface area contributed by atoms with Crippen LogP contribution in [-0.2, 0) is 18.4 Å². The molecule has 37 heavy (non-hydrogen) atoms. The van der Waals surface area contributed by atoms with Crippen LogP contribution < -0.4 is 15.4 Å². The number of fused-ring (bicyclic) bond motifs is 7. The summed E-state index contributed by atoms with van der Waals surface area (Å²) in [7, 11) is 1.80. The minimum absolute atomic E-state index is 0.272. The molecule has 2 amide bonds. The molecule has 0 aliphatic carbocycles. The second-order valence-corrected chi connectivity index (χ2v) is 8.89. The number of carbonyl (C=O) groups is 2. The molecular weight excluding hydrogens is 470 g/mol. The summed E-state index contributed by atoms with van der Waals surface area (Å²) in [5, 5.41) is 10.3. The first-order valence-electron chi connectivity index (χ1n) is 12.1. The van der Waals surface area contributed by atoms with Crippen molar-refractivity contribution in [1.29, 1.82) is 0 Å². The maximum Gasteiger partial charge on any atom is 0.296 e. The molecule has 3 aromatic heterocycles. The summed E-state index contributed by atoms with van der Waals surface area (Å²) in [6.45, 7) is 4.27. The van der Waals surface area contributed by atoms with Crippen LogP contribution in [0.1, 0.15) is 35.8 Å². The largest absolute Gasteiger partial charge is 0.477 e. The number of ether oxygens (including phenoxy) is 1. The van der Waals surface area contributed by atoms with Gasteiger partial charge in [-0.25, -0.2) is 9.67 Å². The molecule has 5 rings (SSSR count). The van der Waals surface area contributed by atoms with E-state index in [0.717, 1.165) is 11.0 Å². The van der Waals surface area contributed by atoms with Gasteiger partial charge in [0, 0.05) is 30.9 Å². The zero-order valence-electron chi connectivity index (χ0n) is 20.9. The number of imidazole rings is 1. The number of rotatable bonds is 1. The number of anilines is 1. The van der Waals surface area contributed by atoms with Crippen molar-refractivity contribution in [2.24, 2.45) is 7.05 Å². The minimum Gasteiger partial charge on any atom is -0.477 e. The average Bonchev–Trinajstić information content (AvgIpc) is 3.40. The molecule has 0 spiro atoms. The normalized spacial score (nSPS) is 15.6. The fourth-order valence-corrected chi connectivity index (χ4v) is 4.50. The van der Waals surface area contributed by atoms with E-state index in [2.05, 4.69) is 37.5 Å². The number of aromatic nitrogens is 5. The molecule has 0 saturated heterocycles. The first-order chi connectivity index (χ1) is 17.9. The van der Waals surface area contributed by atoms with Crippen molar-refractivity contribution in [3.63, 3.8) is 0 Å². The molecule has 4 aromatic rings. The zero-order chi connectivity index (χ0) is 25.9. The summed E-state index contributed by atoms with van der Waals surface area (Å²) in [6.07, 6.45) is 2.97. The van der Waals surface area contributed by atoms with Crippen molar-refractivity contribution in [3.05, 3.63) is 53.9 Å². The Morgan fingerprint density at radius 2 is 2.08 bits per heavy atom. The van der Waals surface area contributed by atoms with Crippen molar-refractivity contribution >= 4 is 28.8 Å². The molecule has 10 nitrogen and oxygen atoms in total. The highest BCUT2D eigenvalue weighted by Gasteiger charge is 2.22. The Labute approximate surface area is 214 Å². The van der Waals surface area contributed by atoms with Gasteiger partial charge in [-0.3, -0.25) is 19.9 Å². The van der Waals surface area contributed by atoms with Gasteiger partial charge in [-0.15, -0.1) is 0 Å². The number of carbonyl (C=O) groups excluding carboxylic acids is 2. The van der Waals surface area contributed by atoms with E-state index in [1.54, 1.807) is 37.0 Å². The number of hydrogen-bond donors (Lipinski definition) is 2. The summed E-state index contributed by atoms with van der Waals surface area (Å²) in [6, 6.07) is 10.8. The molecule has 2 bridgehead atoms. The fourth-order valence-electron chi connectivity index (χ4n) is 4.50. The molecular formula is C27H27N7O3. The lowest BCUT2D eigenvalue weighted by molar-refractivity contribution is -0.116. The van der Waals surface area contributed by atoms with E-state index in [4.69, 9.17) is 4.74 Å². The SMILES string of the molecule is CC#CC(=O)N[C@@H]1CCCOc2c(cnn2C)-c2cc(cc(C)n2)C(=O)Nc2nc3ccccc3n2C1. The molecule has 0 radical (unpaired) electrons. The van der Waals surface area contributed by atoms with Crippen LogP contribution in [0.3, 0.4) is 0 Å². The Bertz CT molecular complexity index is 1560. The second kappa shape index (κ2) is 10.1. The van der Waals surface area contributed by atoms with Crippen LogP contribution in [0.5, 0.6) is 5.88 Å². The van der Waals surface area contributed by atoms with Crippen molar-refractivity contribution in [1.82, 2.24) is 29.6 Å². The summed E-state index contributed by atoms with van der Waals surface area (Å²) < 4.78 is 9.69. The standard InChI is InChI=1S/C27H27N7O3/c1-4-8-24(35)30-19-9-7-12-37-26-20(15-28-33(26)3)22-14-18(13-17(2)29-22)25(36)32-27-31-21-10-5-6-11-23(21)34(27)16-19/h5-6,10-11,13-15,19H,7,9,12,16H2,1-3H3,(H,30,35)(H,31,32,36)/t19-/m1/s1. The number of amides is 2. The molecule has 0 fully saturated rings. The van der Waals surface area contributed by atoms with Gasteiger partial charge in [-0.2, -0.15) is 5.10 Å². The second-order valence-electron chi connectivity index (χ2n) is 8.89. The van der Waals surface area contributed by atoms with Gasteiger partial charge in [0.15, 0.2) is 0 Å². The van der Waals surface area contributed by atoms with Crippen molar-refractivity contribution in [3.8, 4) is 29.0 Å². The predicted octanol–water partition coefficient (Wildman–Crippen LogP) is 3.07. The topological polar surface area (TPSA) is 116 Å². The summed E-state index contributed by atoms with van der Waals surface area (Å²) in [4.78, 5) is 35.1. The zero-order valence-corrected chi connectivity index (χ0v) is 20.9. The molecule has 1 aliphatic rings. The molecule has 10 heteroatoms. The monoisotopic (exact) mass is 497 g/mol. The van der Waals surface area contributed by atoms with Crippen LogP contribution in [0.25, 0.3) is 22.3 Å². The van der Waals surface area contributed by atoms with E-state index in [9.17, 15) is 9.59 Å². The van der Waals surface area contributed by atoms with Gasteiger partial charge in [-0.1, -0.05) is 18.1 Å². The highest BCUT2D eigenvalue weighted by atomic mass is 16.5. The van der Waals surface area contributed by atoms with Gasteiger partial charge in [0.05, 0.1) is 35.1 Å². The summed E-state index contributed by atoms with van der Waals surface area (Å²) in [5.74, 6) is 5.48. The fraction of sp³-hybridized carbons (Fsp3) is 0.296. The predicted molar refractivity (Wildman–Crippen MR) is 139 cm³/mol. The number of aryl methyl sites for hydroxylation is 2. The third kappa shape index (κ3) is 5.02. The summed E-state index contributed by atoms with van der Waals surface area (Å²) in [5.41, 5.74) is 4.02. The highest BCUT2D eigenvalue weighted by Crippen LogP contribution is 2.30. The lowest BCUT2D eigenvalue weighted by atomic mass is 10.1. The van der Waals surface area contributed by atoms with E-state index < -0.39 is 0 Å². The van der Waals surface area contributed by atoms with Gasteiger partial charge < -0.3 is 14.6 Å². The maximum absolute atomic E-state index is 13.4. The molecule has 188 valence electrons. The van der Waals surface area contributed by atoms with Gasteiger partial charge in [0.1, 0.15) is 0 Å². The van der Waals surface area contributed by atoms with Gasteiger partial charge >= 0.3 is 0 Å². The third-order valence-corrected chi connectivity index (χ3v) is 6.17. The smallest absolute Gasteiger partial charge is 0.296 e. The number of hydrogen-bond acceptors (Lipinski definition) is 6. The number of nitrogens with zero attached hydrogens (tertiary/aromatic N) is 5. The van der Waals surface area contributed by atoms with Crippen LogP contribution in [0.15, 0.2) is 42.6 Å². The Morgan fingerprint density at radius 3 is 2.92 bits per heavy atom. The van der Waals surface area contributed by atoms with Crippen molar-refractivity contribution in [2.45, 2.75) is 39.3 Å². The first-order valence-corrected chi connectivity index (χ1v) is 12.1. The number of para-hydroxylation sites is 2. The summed E-state index contributed by atoms with van der Waals surface area (Å²) >= 11 is 0. The maximum atomic E-state index is 13.4. The molecule has 1 aliphatic heterocycles. The molecule has 0 unspecified atom stereocenters. The van der Waals surface area contributed by atoms with Crippen molar-refractivity contribution < 1.29 is 14.3 Å². The van der Waals surface area contributed by atoms with E-state index in [-0.39, 0.29) is 17.9 Å². The Hall–Kier alpha value is -4.65. The lowest BCUT2D eigenvalue weighted by Gasteiger charge is -2.20. The van der Waals surface area contributed by atoms with E-state index in [0.29, 0.717) is 60.3 Å². The number of nitrogens with one attached hydrogen (secondary N) is 2. The van der Waals surface area contributed by atoms with Crippen LogP contribution >= 0.6 is 0 Å². The average molecular weight is 498 g/mol. The Kier molecular flexibility index (Phi) is 6.60. The lowest BCUT2D eigenvalue weighted by Crippen LogP contribution is -2.38. The first kappa shape index (κ1) is 24.1. The van der Waals surface area contributed by atoms with Crippen molar-refractivity contribution in [2.75, 3.05) is 11.9 Å². The number of pyridine rings is 1. The highest BCUT2D eigenvalue weighted by molar-refractivity contribution is 6.04. The van der Waals surface area contributed by atoms with E-state index in [1.165, 1.54) is 0 Å².